The molecule has 0 saturated carbocycles. The van der Waals surface area contributed by atoms with Crippen molar-refractivity contribution in [2.45, 2.75) is 66.1 Å². The van der Waals surface area contributed by atoms with E-state index in [0.29, 0.717) is 11.3 Å². The van der Waals surface area contributed by atoms with Crippen molar-refractivity contribution in [3.8, 4) is 0 Å². The largest absolute Gasteiger partial charge is 0.352 e. The Balaban J connectivity index is 2.21. The highest BCUT2D eigenvalue weighted by Gasteiger charge is 2.27. The summed E-state index contributed by atoms with van der Waals surface area (Å²) in [6.45, 7) is 9.07. The maximum atomic E-state index is 14.3. The highest BCUT2D eigenvalue weighted by atomic mass is 32.2. The lowest BCUT2D eigenvalue weighted by atomic mass is 10.1. The van der Waals surface area contributed by atoms with Crippen molar-refractivity contribution in [3.05, 3.63) is 65.0 Å². The number of rotatable bonds is 11. The molecule has 0 aliphatic carbocycles. The quantitative estimate of drug-likeness (QED) is 0.501. The van der Waals surface area contributed by atoms with Gasteiger partial charge in [0.25, 0.3) is 0 Å². The van der Waals surface area contributed by atoms with E-state index in [1.165, 1.54) is 15.3 Å². The Morgan fingerprint density at radius 3 is 2.17 bits per heavy atom. The zero-order chi connectivity index (χ0) is 26.3. The topological polar surface area (TPSA) is 86.8 Å². The van der Waals surface area contributed by atoms with Gasteiger partial charge in [-0.25, -0.2) is 12.8 Å². The smallest absolute Gasteiger partial charge is 0.242 e. The molecule has 0 aliphatic heterocycles. The van der Waals surface area contributed by atoms with Crippen molar-refractivity contribution in [2.75, 3.05) is 17.1 Å². The molecule has 0 fully saturated rings. The van der Waals surface area contributed by atoms with Gasteiger partial charge in [-0.05, 0) is 70.4 Å². The molecule has 1 atom stereocenters. The number of hydrogen-bond donors (Lipinski definition) is 1. The van der Waals surface area contributed by atoms with Gasteiger partial charge < -0.3 is 10.2 Å². The molecule has 0 bridgehead atoms. The standard InChI is InChI=1S/C26H36FN3O4S/c1-18(2)28-26(32)21(5)29(17-22-10-7-8-11-24(22)27)25(31)12-9-13-30(35(6,33)34)23-15-19(3)14-20(4)16-23/h7-8,10-11,14-16,18,21H,9,12-13,17H2,1-6H3,(H,28,32). The summed E-state index contributed by atoms with van der Waals surface area (Å²) in [5.74, 6) is -1.15. The number of nitrogens with one attached hydrogen (secondary N) is 1. The van der Waals surface area contributed by atoms with Crippen molar-refractivity contribution in [3.63, 3.8) is 0 Å². The van der Waals surface area contributed by atoms with Crippen molar-refractivity contribution in [1.82, 2.24) is 10.2 Å². The average Bonchev–Trinajstić information content (AvgIpc) is 2.73. The van der Waals surface area contributed by atoms with E-state index in [-0.39, 0.29) is 43.8 Å². The summed E-state index contributed by atoms with van der Waals surface area (Å²) in [6, 6.07) is 10.7. The minimum atomic E-state index is -3.57. The molecule has 0 spiro atoms. The third kappa shape index (κ3) is 8.35. The van der Waals surface area contributed by atoms with Gasteiger partial charge in [-0.1, -0.05) is 24.3 Å². The van der Waals surface area contributed by atoms with Gasteiger partial charge in [-0.15, -0.1) is 0 Å². The van der Waals surface area contributed by atoms with E-state index in [9.17, 15) is 22.4 Å². The van der Waals surface area contributed by atoms with Gasteiger partial charge in [0.05, 0.1) is 11.9 Å². The Labute approximate surface area is 208 Å². The van der Waals surface area contributed by atoms with E-state index < -0.39 is 21.9 Å². The Bertz CT molecular complexity index is 1130. The summed E-state index contributed by atoms with van der Waals surface area (Å²) in [5.41, 5.74) is 2.72. The average molecular weight is 506 g/mol. The second-order valence-electron chi connectivity index (χ2n) is 9.24. The first-order valence-corrected chi connectivity index (χ1v) is 13.5. The molecular weight excluding hydrogens is 469 g/mol. The Morgan fingerprint density at radius 1 is 1.03 bits per heavy atom. The molecular formula is C26H36FN3O4S. The van der Waals surface area contributed by atoms with Crippen molar-refractivity contribution in [2.24, 2.45) is 0 Å². The third-order valence-corrected chi connectivity index (χ3v) is 6.74. The first kappa shape index (κ1) is 28.3. The Hall–Kier alpha value is -2.94. The number of halogens is 1. The summed E-state index contributed by atoms with van der Waals surface area (Å²) in [7, 11) is -3.57. The number of anilines is 1. The van der Waals surface area contributed by atoms with Gasteiger partial charge in [-0.2, -0.15) is 0 Å². The molecule has 9 heteroatoms. The fourth-order valence-electron chi connectivity index (χ4n) is 3.90. The third-order valence-electron chi connectivity index (χ3n) is 5.54. The van der Waals surface area contributed by atoms with Crippen LogP contribution < -0.4 is 9.62 Å². The number of carbonyl (C=O) groups is 2. The minimum Gasteiger partial charge on any atom is -0.352 e. The molecule has 2 aromatic carbocycles. The molecule has 0 radical (unpaired) electrons. The summed E-state index contributed by atoms with van der Waals surface area (Å²) < 4.78 is 40.6. The highest BCUT2D eigenvalue weighted by Crippen LogP contribution is 2.22. The van der Waals surface area contributed by atoms with Crippen LogP contribution >= 0.6 is 0 Å². The lowest BCUT2D eigenvalue weighted by Gasteiger charge is -2.30. The SMILES string of the molecule is Cc1cc(C)cc(N(CCCC(=O)N(Cc2ccccc2F)C(C)C(=O)NC(C)C)S(C)(=O)=O)c1. The maximum Gasteiger partial charge on any atom is 0.242 e. The summed E-state index contributed by atoms with van der Waals surface area (Å²) in [6.07, 6.45) is 1.38. The van der Waals surface area contributed by atoms with Gasteiger partial charge in [0.15, 0.2) is 0 Å². The molecule has 1 unspecified atom stereocenters. The van der Waals surface area contributed by atoms with Crippen LogP contribution in [0.4, 0.5) is 10.1 Å². The van der Waals surface area contributed by atoms with Gasteiger partial charge in [0.1, 0.15) is 11.9 Å². The van der Waals surface area contributed by atoms with Crippen LogP contribution in [0.25, 0.3) is 0 Å². The molecule has 35 heavy (non-hydrogen) atoms. The van der Waals surface area contributed by atoms with Crippen LogP contribution in [0.5, 0.6) is 0 Å². The second kappa shape index (κ2) is 12.2. The zero-order valence-corrected chi connectivity index (χ0v) is 22.2. The molecule has 7 nitrogen and oxygen atoms in total. The first-order valence-electron chi connectivity index (χ1n) is 11.7. The zero-order valence-electron chi connectivity index (χ0n) is 21.3. The Morgan fingerprint density at radius 2 is 1.63 bits per heavy atom. The van der Waals surface area contributed by atoms with E-state index in [1.807, 2.05) is 33.8 Å². The summed E-state index contributed by atoms with van der Waals surface area (Å²) in [5, 5.41) is 2.79. The van der Waals surface area contributed by atoms with E-state index in [2.05, 4.69) is 5.32 Å². The summed E-state index contributed by atoms with van der Waals surface area (Å²) in [4.78, 5) is 27.2. The highest BCUT2D eigenvalue weighted by molar-refractivity contribution is 7.92. The number of benzene rings is 2. The molecule has 0 saturated heterocycles. The van der Waals surface area contributed by atoms with E-state index in [0.717, 1.165) is 17.4 Å². The fourth-order valence-corrected chi connectivity index (χ4v) is 4.85. The van der Waals surface area contributed by atoms with Gasteiger partial charge in [0.2, 0.25) is 21.8 Å². The molecule has 1 N–H and O–H groups in total. The van der Waals surface area contributed by atoms with Crippen molar-refractivity contribution < 1.29 is 22.4 Å². The molecule has 192 valence electrons. The first-order chi connectivity index (χ1) is 16.3. The summed E-state index contributed by atoms with van der Waals surface area (Å²) >= 11 is 0. The van der Waals surface area contributed by atoms with Crippen LogP contribution in [0.2, 0.25) is 0 Å². The van der Waals surface area contributed by atoms with Gasteiger partial charge >= 0.3 is 0 Å². The molecule has 0 aromatic heterocycles. The van der Waals surface area contributed by atoms with Crippen LogP contribution in [-0.2, 0) is 26.2 Å². The maximum absolute atomic E-state index is 14.3. The number of hydrogen-bond acceptors (Lipinski definition) is 4. The van der Waals surface area contributed by atoms with E-state index >= 15 is 0 Å². The van der Waals surface area contributed by atoms with Crippen LogP contribution in [0.3, 0.4) is 0 Å². The molecule has 2 amide bonds. The van der Waals surface area contributed by atoms with Crippen LogP contribution in [0, 0.1) is 19.7 Å². The molecule has 2 aromatic rings. The number of sulfonamides is 1. The van der Waals surface area contributed by atoms with Crippen molar-refractivity contribution in [1.29, 1.82) is 0 Å². The van der Waals surface area contributed by atoms with Crippen LogP contribution in [-0.4, -0.2) is 50.0 Å². The second-order valence-corrected chi connectivity index (χ2v) is 11.1. The lowest BCUT2D eigenvalue weighted by Crippen LogP contribution is -2.49. The molecule has 0 aliphatic rings. The predicted octanol–water partition coefficient (Wildman–Crippen LogP) is 3.93. The van der Waals surface area contributed by atoms with E-state index in [4.69, 9.17) is 0 Å². The van der Waals surface area contributed by atoms with Crippen LogP contribution in [0.15, 0.2) is 42.5 Å². The van der Waals surface area contributed by atoms with Gasteiger partial charge in [-0.3, -0.25) is 13.9 Å². The lowest BCUT2D eigenvalue weighted by molar-refractivity contribution is -0.140. The molecule has 2 rings (SSSR count). The normalized spacial score (nSPS) is 12.3. The van der Waals surface area contributed by atoms with Crippen molar-refractivity contribution >= 4 is 27.5 Å². The number of amides is 2. The number of nitrogens with zero attached hydrogens (tertiary/aromatic N) is 2. The number of carbonyl (C=O) groups excluding carboxylic acids is 2. The fraction of sp³-hybridized carbons (Fsp3) is 0.462. The molecule has 0 heterocycles. The van der Waals surface area contributed by atoms with Gasteiger partial charge in [0, 0.05) is 31.1 Å². The monoisotopic (exact) mass is 505 g/mol. The minimum absolute atomic E-state index is 0.00453. The Kier molecular flexibility index (Phi) is 9.82. The van der Waals surface area contributed by atoms with E-state index in [1.54, 1.807) is 37.3 Å². The number of aryl methyl sites for hydroxylation is 2. The van der Waals surface area contributed by atoms with Crippen LogP contribution in [0.1, 0.15) is 50.3 Å². The predicted molar refractivity (Wildman–Crippen MR) is 137 cm³/mol.